The quantitative estimate of drug-likeness (QED) is 0.710. The lowest BCUT2D eigenvalue weighted by atomic mass is 9.88. The molecule has 0 aromatic heterocycles. The zero-order chi connectivity index (χ0) is 16.6. The third-order valence-electron chi connectivity index (χ3n) is 4.62. The van der Waals surface area contributed by atoms with Crippen molar-refractivity contribution in [3.05, 3.63) is 76.8 Å². The van der Waals surface area contributed by atoms with Crippen LogP contribution >= 0.6 is 11.6 Å². The summed E-state index contributed by atoms with van der Waals surface area (Å²) in [6.45, 7) is 1.90. The van der Waals surface area contributed by atoms with Gasteiger partial charge in [-0.15, -0.1) is 0 Å². The van der Waals surface area contributed by atoms with Gasteiger partial charge in [-0.05, 0) is 43.0 Å². The summed E-state index contributed by atoms with van der Waals surface area (Å²) in [6, 6.07) is 17.7. The highest BCUT2D eigenvalue weighted by Crippen LogP contribution is 2.41. The summed E-state index contributed by atoms with van der Waals surface area (Å²) < 4.78 is 6.33. The Kier molecular flexibility index (Phi) is 4.19. The molecule has 4 rings (SSSR count). The second-order valence-electron chi connectivity index (χ2n) is 6.31. The van der Waals surface area contributed by atoms with Crippen LogP contribution < -0.4 is 0 Å². The van der Waals surface area contributed by atoms with Gasteiger partial charge in [0.05, 0.1) is 6.10 Å². The summed E-state index contributed by atoms with van der Waals surface area (Å²) in [6.07, 6.45) is 3.79. The molecule has 0 spiro atoms. The van der Waals surface area contributed by atoms with Crippen LogP contribution in [0.2, 0.25) is 5.02 Å². The van der Waals surface area contributed by atoms with E-state index in [9.17, 15) is 0 Å². The van der Waals surface area contributed by atoms with Crippen molar-refractivity contribution in [2.75, 3.05) is 0 Å². The molecule has 124 valence electrons. The molecule has 0 radical (unpaired) electrons. The molecule has 1 fully saturated rings. The molecule has 1 unspecified atom stereocenters. The summed E-state index contributed by atoms with van der Waals surface area (Å²) in [5.74, 6) is -0.884. The molecule has 0 amide bonds. The third kappa shape index (κ3) is 2.89. The fraction of sp³-hybridized carbons (Fsp3) is 0.300. The van der Waals surface area contributed by atoms with Crippen molar-refractivity contribution in [3.63, 3.8) is 0 Å². The zero-order valence-electron chi connectivity index (χ0n) is 13.4. The Bertz CT molecular complexity index is 741. The maximum absolute atomic E-state index is 6.33. The van der Waals surface area contributed by atoms with E-state index < -0.39 is 5.79 Å². The van der Waals surface area contributed by atoms with Gasteiger partial charge in [0.25, 0.3) is 0 Å². The lowest BCUT2D eigenvalue weighted by molar-refractivity contribution is -0.497. The smallest absolute Gasteiger partial charge is 0.225 e. The van der Waals surface area contributed by atoms with E-state index in [-0.39, 0.29) is 12.2 Å². The highest BCUT2D eigenvalue weighted by Gasteiger charge is 2.45. The molecule has 24 heavy (non-hydrogen) atoms. The van der Waals surface area contributed by atoms with E-state index in [0.717, 1.165) is 34.6 Å². The topological polar surface area (TPSA) is 27.7 Å². The molecule has 4 heteroatoms. The standard InChI is InChI=1S/C20H19ClO3/c1-20(15-6-3-2-4-7-15)22-18-9-5-8-17(19(18)23-24-20)14-10-12-16(21)13-11-14/h2-4,6-8,10-13,18-19H,5,9H2,1H3/t18-,19-,20?/m0/s1. The van der Waals surface area contributed by atoms with Crippen molar-refractivity contribution in [2.45, 2.75) is 37.8 Å². The first kappa shape index (κ1) is 15.9. The number of rotatable bonds is 2. The number of benzene rings is 2. The zero-order valence-corrected chi connectivity index (χ0v) is 14.2. The molecular formula is C20H19ClO3. The first-order valence-electron chi connectivity index (χ1n) is 8.19. The van der Waals surface area contributed by atoms with E-state index >= 15 is 0 Å². The Morgan fingerprint density at radius 3 is 2.54 bits per heavy atom. The molecule has 3 nitrogen and oxygen atoms in total. The Labute approximate surface area is 146 Å². The van der Waals surface area contributed by atoms with Crippen LogP contribution in [-0.2, 0) is 20.3 Å². The van der Waals surface area contributed by atoms with Gasteiger partial charge in [0.2, 0.25) is 5.79 Å². The van der Waals surface area contributed by atoms with Crippen LogP contribution in [0.3, 0.4) is 0 Å². The second kappa shape index (κ2) is 6.34. The fourth-order valence-corrected chi connectivity index (χ4v) is 3.47. The summed E-state index contributed by atoms with van der Waals surface area (Å²) in [5, 5.41) is 0.723. The van der Waals surface area contributed by atoms with E-state index in [1.165, 1.54) is 0 Å². The largest absolute Gasteiger partial charge is 0.337 e. The Morgan fingerprint density at radius 2 is 1.79 bits per heavy atom. The molecule has 0 bridgehead atoms. The van der Waals surface area contributed by atoms with Crippen molar-refractivity contribution in [2.24, 2.45) is 0 Å². The maximum Gasteiger partial charge on any atom is 0.225 e. The molecule has 2 aliphatic rings. The van der Waals surface area contributed by atoms with Gasteiger partial charge < -0.3 is 4.74 Å². The van der Waals surface area contributed by atoms with Crippen LogP contribution in [0, 0.1) is 0 Å². The van der Waals surface area contributed by atoms with Crippen molar-refractivity contribution in [1.29, 1.82) is 0 Å². The number of ether oxygens (including phenoxy) is 1. The fourth-order valence-electron chi connectivity index (χ4n) is 3.34. The Hall–Kier alpha value is -1.65. The van der Waals surface area contributed by atoms with Gasteiger partial charge in [-0.1, -0.05) is 60.1 Å². The monoisotopic (exact) mass is 342 g/mol. The van der Waals surface area contributed by atoms with Crippen molar-refractivity contribution in [3.8, 4) is 0 Å². The van der Waals surface area contributed by atoms with Gasteiger partial charge in [0.15, 0.2) is 0 Å². The van der Waals surface area contributed by atoms with Crippen LogP contribution in [0.1, 0.15) is 30.9 Å². The van der Waals surface area contributed by atoms with E-state index in [1.807, 2.05) is 61.5 Å². The molecule has 0 saturated carbocycles. The minimum Gasteiger partial charge on any atom is -0.337 e. The van der Waals surface area contributed by atoms with E-state index in [0.29, 0.717) is 0 Å². The number of hydrogen-bond donors (Lipinski definition) is 0. The number of fused-ring (bicyclic) bond motifs is 1. The lowest BCUT2D eigenvalue weighted by Crippen LogP contribution is -2.48. The van der Waals surface area contributed by atoms with Crippen LogP contribution in [0.25, 0.3) is 5.57 Å². The normalized spacial score (nSPS) is 29.7. The van der Waals surface area contributed by atoms with Crippen LogP contribution in [0.4, 0.5) is 0 Å². The minimum atomic E-state index is -0.884. The number of halogens is 1. The van der Waals surface area contributed by atoms with Crippen LogP contribution in [0.15, 0.2) is 60.7 Å². The highest BCUT2D eigenvalue weighted by atomic mass is 35.5. The van der Waals surface area contributed by atoms with Crippen LogP contribution in [0.5, 0.6) is 0 Å². The molecule has 1 aliphatic heterocycles. The van der Waals surface area contributed by atoms with Crippen LogP contribution in [-0.4, -0.2) is 12.2 Å². The van der Waals surface area contributed by atoms with E-state index in [2.05, 4.69) is 6.08 Å². The molecule has 1 aliphatic carbocycles. The van der Waals surface area contributed by atoms with Gasteiger partial charge in [0.1, 0.15) is 6.10 Å². The van der Waals surface area contributed by atoms with Gasteiger partial charge >= 0.3 is 0 Å². The van der Waals surface area contributed by atoms with Crippen molar-refractivity contribution >= 4 is 17.2 Å². The maximum atomic E-state index is 6.33. The number of hydrogen-bond acceptors (Lipinski definition) is 3. The average Bonchev–Trinajstić information content (AvgIpc) is 2.62. The molecule has 0 N–H and O–H groups in total. The van der Waals surface area contributed by atoms with Gasteiger partial charge in [-0.2, -0.15) is 4.89 Å². The average molecular weight is 343 g/mol. The molecule has 3 atom stereocenters. The molecule has 2 aromatic carbocycles. The van der Waals surface area contributed by atoms with E-state index in [1.54, 1.807) is 0 Å². The Morgan fingerprint density at radius 1 is 1.04 bits per heavy atom. The third-order valence-corrected chi connectivity index (χ3v) is 4.87. The van der Waals surface area contributed by atoms with Gasteiger partial charge in [-0.3, -0.25) is 0 Å². The van der Waals surface area contributed by atoms with Crippen molar-refractivity contribution < 1.29 is 14.5 Å². The molecule has 1 heterocycles. The predicted molar refractivity (Wildman–Crippen MR) is 93.3 cm³/mol. The second-order valence-corrected chi connectivity index (χ2v) is 6.75. The van der Waals surface area contributed by atoms with Gasteiger partial charge in [-0.25, -0.2) is 4.89 Å². The summed E-state index contributed by atoms with van der Waals surface area (Å²) in [5.41, 5.74) is 3.13. The molecule has 1 saturated heterocycles. The summed E-state index contributed by atoms with van der Waals surface area (Å²) >= 11 is 5.99. The Balaban J connectivity index is 1.59. The lowest BCUT2D eigenvalue weighted by Gasteiger charge is -2.43. The van der Waals surface area contributed by atoms with Gasteiger partial charge in [0, 0.05) is 10.6 Å². The molecular weight excluding hydrogens is 324 g/mol. The minimum absolute atomic E-state index is 0.0420. The summed E-state index contributed by atoms with van der Waals surface area (Å²) in [7, 11) is 0. The van der Waals surface area contributed by atoms with Crippen molar-refractivity contribution in [1.82, 2.24) is 0 Å². The first-order valence-corrected chi connectivity index (χ1v) is 8.57. The van der Waals surface area contributed by atoms with E-state index in [4.69, 9.17) is 26.1 Å². The predicted octanol–water partition coefficient (Wildman–Crippen LogP) is 5.11. The highest BCUT2D eigenvalue weighted by molar-refractivity contribution is 6.30. The SMILES string of the molecule is CC1(c2ccccc2)OO[C@H]2C(c3ccc(Cl)cc3)=CCC[C@@H]2O1. The first-order chi connectivity index (χ1) is 11.7. The molecule has 2 aromatic rings. The number of allylic oxidation sites excluding steroid dienone is 1. The summed E-state index contributed by atoms with van der Waals surface area (Å²) in [4.78, 5) is 11.5.